The third-order valence-electron chi connectivity index (χ3n) is 5.49. The first-order valence-corrected chi connectivity index (χ1v) is 10.0. The molecule has 5 heteroatoms. The molecular formula is C25H26N2O3. The van der Waals surface area contributed by atoms with E-state index in [-0.39, 0.29) is 18.4 Å². The maximum absolute atomic E-state index is 12.8. The topological polar surface area (TPSA) is 54.7 Å². The van der Waals surface area contributed by atoms with Crippen LogP contribution in [0.3, 0.4) is 0 Å². The van der Waals surface area contributed by atoms with Gasteiger partial charge in [-0.1, -0.05) is 42.5 Å². The van der Waals surface area contributed by atoms with Gasteiger partial charge < -0.3 is 19.4 Å². The van der Waals surface area contributed by atoms with Crippen molar-refractivity contribution in [2.45, 2.75) is 12.5 Å². The van der Waals surface area contributed by atoms with Crippen molar-refractivity contribution in [1.82, 2.24) is 10.2 Å². The number of ether oxygens (including phenoxy) is 1. The summed E-state index contributed by atoms with van der Waals surface area (Å²) >= 11 is 0. The van der Waals surface area contributed by atoms with Crippen LogP contribution in [0.2, 0.25) is 0 Å². The summed E-state index contributed by atoms with van der Waals surface area (Å²) in [7, 11) is 5.67. The van der Waals surface area contributed by atoms with Crippen molar-refractivity contribution in [2.24, 2.45) is 0 Å². The van der Waals surface area contributed by atoms with E-state index in [0.717, 1.165) is 38.6 Å². The van der Waals surface area contributed by atoms with Crippen molar-refractivity contribution in [2.75, 3.05) is 27.7 Å². The highest BCUT2D eigenvalue weighted by atomic mass is 16.5. The number of furan rings is 1. The van der Waals surface area contributed by atoms with Crippen molar-refractivity contribution >= 4 is 27.6 Å². The number of rotatable bonds is 7. The molecule has 0 saturated heterocycles. The minimum absolute atomic E-state index is 0.0274. The van der Waals surface area contributed by atoms with Crippen molar-refractivity contribution < 1.29 is 13.9 Å². The molecule has 4 aromatic rings. The molecule has 0 spiro atoms. The molecule has 30 heavy (non-hydrogen) atoms. The summed E-state index contributed by atoms with van der Waals surface area (Å²) in [5.41, 5.74) is 2.81. The van der Waals surface area contributed by atoms with Crippen LogP contribution in [0.5, 0.6) is 5.75 Å². The van der Waals surface area contributed by atoms with E-state index in [9.17, 15) is 4.79 Å². The molecule has 154 valence electrons. The standard InChI is InChI=1S/C25H26N2O3/c1-27(2)22(18-8-6-9-20(13-18)29-3)15-26-24(28)14-19-16-30-23-12-11-17-7-4-5-10-21(17)25(19)23/h4-13,16,22H,14-15H2,1-3H3,(H,26,28). The summed E-state index contributed by atoms with van der Waals surface area (Å²) in [6.07, 6.45) is 1.97. The fourth-order valence-corrected chi connectivity index (χ4v) is 3.90. The number of fused-ring (bicyclic) bond motifs is 3. The fraction of sp³-hybridized carbons (Fsp3) is 0.240. The Morgan fingerprint density at radius 2 is 1.93 bits per heavy atom. The zero-order valence-electron chi connectivity index (χ0n) is 17.5. The van der Waals surface area contributed by atoms with Gasteiger partial charge in [0, 0.05) is 17.5 Å². The summed E-state index contributed by atoms with van der Waals surface area (Å²) in [5, 5.41) is 6.35. The molecule has 1 atom stereocenters. The fourth-order valence-electron chi connectivity index (χ4n) is 3.90. The molecule has 0 aliphatic carbocycles. The average molecular weight is 402 g/mol. The first-order chi connectivity index (χ1) is 14.6. The molecule has 1 amide bonds. The normalized spacial score (nSPS) is 12.4. The van der Waals surface area contributed by atoms with Crippen molar-refractivity contribution in [3.05, 3.63) is 78.1 Å². The minimum Gasteiger partial charge on any atom is -0.497 e. The van der Waals surface area contributed by atoms with Crippen molar-refractivity contribution in [3.63, 3.8) is 0 Å². The van der Waals surface area contributed by atoms with E-state index in [1.807, 2.05) is 56.6 Å². The Hall–Kier alpha value is -3.31. The maximum Gasteiger partial charge on any atom is 0.224 e. The van der Waals surface area contributed by atoms with E-state index in [2.05, 4.69) is 28.4 Å². The Morgan fingerprint density at radius 1 is 1.10 bits per heavy atom. The van der Waals surface area contributed by atoms with Gasteiger partial charge in [-0.15, -0.1) is 0 Å². The summed E-state index contributed by atoms with van der Waals surface area (Å²) in [6, 6.07) is 20.2. The Labute approximate surface area is 176 Å². The second kappa shape index (κ2) is 8.59. The monoisotopic (exact) mass is 402 g/mol. The van der Waals surface area contributed by atoms with Gasteiger partial charge in [-0.25, -0.2) is 0 Å². The van der Waals surface area contributed by atoms with E-state index >= 15 is 0 Å². The van der Waals surface area contributed by atoms with Crippen LogP contribution >= 0.6 is 0 Å². The molecule has 1 N–H and O–H groups in total. The highest BCUT2D eigenvalue weighted by Crippen LogP contribution is 2.30. The molecule has 1 aromatic heterocycles. The smallest absolute Gasteiger partial charge is 0.224 e. The third-order valence-corrected chi connectivity index (χ3v) is 5.49. The molecule has 3 aromatic carbocycles. The Balaban J connectivity index is 1.51. The van der Waals surface area contributed by atoms with Crippen LogP contribution in [0.25, 0.3) is 21.7 Å². The number of benzene rings is 3. The number of nitrogens with zero attached hydrogens (tertiary/aromatic N) is 1. The molecule has 0 bridgehead atoms. The van der Waals surface area contributed by atoms with Crippen LogP contribution in [-0.4, -0.2) is 38.6 Å². The van der Waals surface area contributed by atoms with Gasteiger partial charge in [0.25, 0.3) is 0 Å². The third kappa shape index (κ3) is 4.02. The zero-order chi connectivity index (χ0) is 21.1. The van der Waals surface area contributed by atoms with E-state index in [1.54, 1.807) is 13.4 Å². The second-order valence-corrected chi connectivity index (χ2v) is 7.66. The van der Waals surface area contributed by atoms with Gasteiger partial charge in [0.1, 0.15) is 11.3 Å². The molecule has 0 aliphatic heterocycles. The van der Waals surface area contributed by atoms with Crippen LogP contribution in [0.4, 0.5) is 0 Å². The molecular weight excluding hydrogens is 376 g/mol. The number of amides is 1. The SMILES string of the molecule is COc1cccc(C(CNC(=O)Cc2coc3ccc4ccccc4c23)N(C)C)c1. The van der Waals surface area contributed by atoms with Gasteiger partial charge in [-0.2, -0.15) is 0 Å². The minimum atomic E-state index is -0.0274. The second-order valence-electron chi connectivity index (χ2n) is 7.66. The number of methoxy groups -OCH3 is 1. The van der Waals surface area contributed by atoms with Gasteiger partial charge >= 0.3 is 0 Å². The average Bonchev–Trinajstić information content (AvgIpc) is 3.17. The van der Waals surface area contributed by atoms with Crippen molar-refractivity contribution in [1.29, 1.82) is 0 Å². The Bertz CT molecular complexity index is 1180. The van der Waals surface area contributed by atoms with Gasteiger partial charge in [0.05, 0.1) is 25.8 Å². The number of hydrogen-bond donors (Lipinski definition) is 1. The van der Waals surface area contributed by atoms with Gasteiger partial charge in [0.15, 0.2) is 0 Å². The van der Waals surface area contributed by atoms with Crippen LogP contribution in [0.15, 0.2) is 71.3 Å². The lowest BCUT2D eigenvalue weighted by atomic mass is 10.0. The van der Waals surface area contributed by atoms with Crippen LogP contribution < -0.4 is 10.1 Å². The maximum atomic E-state index is 12.8. The highest BCUT2D eigenvalue weighted by molar-refractivity contribution is 6.08. The lowest BCUT2D eigenvalue weighted by Crippen LogP contribution is -2.35. The van der Waals surface area contributed by atoms with Gasteiger partial charge in [0.2, 0.25) is 5.91 Å². The van der Waals surface area contributed by atoms with E-state index < -0.39 is 0 Å². The molecule has 5 nitrogen and oxygen atoms in total. The van der Waals surface area contributed by atoms with E-state index in [1.165, 1.54) is 0 Å². The molecule has 0 radical (unpaired) electrons. The lowest BCUT2D eigenvalue weighted by molar-refractivity contribution is -0.120. The molecule has 1 heterocycles. The number of nitrogens with one attached hydrogen (secondary N) is 1. The number of hydrogen-bond acceptors (Lipinski definition) is 4. The molecule has 0 aliphatic rings. The summed E-state index contributed by atoms with van der Waals surface area (Å²) in [5.74, 6) is 0.780. The molecule has 1 unspecified atom stereocenters. The quantitative estimate of drug-likeness (QED) is 0.493. The predicted molar refractivity (Wildman–Crippen MR) is 120 cm³/mol. The lowest BCUT2D eigenvalue weighted by Gasteiger charge is -2.25. The number of likely N-dealkylation sites (N-methyl/N-ethyl adjacent to an activating group) is 1. The zero-order valence-corrected chi connectivity index (χ0v) is 17.5. The number of carbonyl (C=O) groups is 1. The molecule has 0 saturated carbocycles. The summed E-state index contributed by atoms with van der Waals surface area (Å²) in [4.78, 5) is 14.9. The van der Waals surface area contributed by atoms with E-state index in [4.69, 9.17) is 9.15 Å². The molecule has 4 rings (SSSR count). The van der Waals surface area contributed by atoms with Crippen molar-refractivity contribution in [3.8, 4) is 5.75 Å². The van der Waals surface area contributed by atoms with E-state index in [0.29, 0.717) is 6.54 Å². The highest BCUT2D eigenvalue weighted by Gasteiger charge is 2.18. The summed E-state index contributed by atoms with van der Waals surface area (Å²) < 4.78 is 11.1. The van der Waals surface area contributed by atoms with Crippen LogP contribution in [-0.2, 0) is 11.2 Å². The Kier molecular flexibility index (Phi) is 5.72. The largest absolute Gasteiger partial charge is 0.497 e. The van der Waals surface area contributed by atoms with Crippen LogP contribution in [0, 0.1) is 0 Å². The van der Waals surface area contributed by atoms with Gasteiger partial charge in [-0.05, 0) is 48.6 Å². The summed E-state index contributed by atoms with van der Waals surface area (Å²) in [6.45, 7) is 0.509. The molecule has 0 fully saturated rings. The Morgan fingerprint density at radius 3 is 2.73 bits per heavy atom. The van der Waals surface area contributed by atoms with Crippen LogP contribution in [0.1, 0.15) is 17.2 Å². The predicted octanol–water partition coefficient (Wildman–Crippen LogP) is 4.56. The van der Waals surface area contributed by atoms with Gasteiger partial charge in [-0.3, -0.25) is 4.79 Å². The number of carbonyl (C=O) groups excluding carboxylic acids is 1. The first kappa shape index (κ1) is 20.0. The first-order valence-electron chi connectivity index (χ1n) is 10.0.